The van der Waals surface area contributed by atoms with E-state index in [1.54, 1.807) is 51.2 Å². The summed E-state index contributed by atoms with van der Waals surface area (Å²) in [5.41, 5.74) is 0. The Labute approximate surface area is 725 Å². The van der Waals surface area contributed by atoms with Crippen LogP contribution >= 0.6 is 70.6 Å². The number of unbranched alkanes of at least 4 members (excludes halogenated alkanes) is 10. The minimum absolute atomic E-state index is 0.0436. The zero-order chi connectivity index (χ0) is 86.9. The predicted molar refractivity (Wildman–Crippen MR) is 468 cm³/mol. The van der Waals surface area contributed by atoms with Crippen LogP contribution in [0.25, 0.3) is 0 Å². The van der Waals surface area contributed by atoms with Crippen LogP contribution in [0.5, 0.6) is 0 Å². The number of carbonyl (C=O) groups is 12. The van der Waals surface area contributed by atoms with Crippen molar-refractivity contribution in [3.8, 4) is 0 Å². The van der Waals surface area contributed by atoms with Gasteiger partial charge in [0.15, 0.2) is 0 Å². The van der Waals surface area contributed by atoms with E-state index in [0.29, 0.717) is 73.8 Å². The highest BCUT2D eigenvalue weighted by Gasteiger charge is 2.24. The molecule has 6 atom stereocenters. The summed E-state index contributed by atoms with van der Waals surface area (Å²) in [7, 11) is 0. The number of nitrogens with one attached hydrogen (secondary N) is 1. The number of ether oxygens (including phenoxy) is 12. The van der Waals surface area contributed by atoms with Gasteiger partial charge < -0.3 is 81.8 Å². The Hall–Kier alpha value is -4.46. The second kappa shape index (κ2) is 77.6. The molecule has 0 saturated heterocycles. The molecule has 0 aromatic rings. The molecule has 0 heterocycles. The maximum Gasteiger partial charge on any atom is 0.309 e. The SMILES string of the molecule is CCCCCCCCSCC(C)C(=O)OCCOC(=O)CCN(CCNCCN(CCC(=O)OCCOC(=O)C(C)CSC)CCN(CCC(=O)OCCOC(=O)C(C)CSC)CCN(CCC(=O)OCCOC(=O)C(C)CSC)CCC(=O)OCCOC(=O)C(C)CSC)CCC(=O)OCCOC(=O)C(C)CSCCCCCCCC. The Balaban J connectivity index is 6.80. The number of thioether (sulfide) groups is 6. The molecule has 0 spiro atoms. The fourth-order valence-electron chi connectivity index (χ4n) is 11.0. The Morgan fingerprint density at radius 1 is 0.248 bits per heavy atom. The quantitative estimate of drug-likeness (QED) is 0.0336. The van der Waals surface area contributed by atoms with Gasteiger partial charge in [-0.15, -0.1) is 0 Å². The molecule has 0 aromatic heterocycles. The van der Waals surface area contributed by atoms with Gasteiger partial charge in [0.2, 0.25) is 0 Å². The van der Waals surface area contributed by atoms with Crippen molar-refractivity contribution >= 4 is 142 Å². The van der Waals surface area contributed by atoms with Gasteiger partial charge >= 0.3 is 71.6 Å². The molecule has 0 amide bonds. The summed E-state index contributed by atoms with van der Waals surface area (Å²) in [5.74, 6) is -2.13. The van der Waals surface area contributed by atoms with Gasteiger partial charge in [-0.3, -0.25) is 57.5 Å². The number of hydrogen-bond acceptors (Lipinski definition) is 35. The second-order valence-electron chi connectivity index (χ2n) is 28.9. The lowest BCUT2D eigenvalue weighted by atomic mass is 10.1. The van der Waals surface area contributed by atoms with Crippen LogP contribution in [-0.4, -0.2) is 333 Å². The molecular formula is C82H147N5O24S6. The van der Waals surface area contributed by atoms with Gasteiger partial charge in [0, 0.05) is 126 Å². The van der Waals surface area contributed by atoms with E-state index < -0.39 is 59.7 Å². The minimum Gasteiger partial charge on any atom is -0.462 e. The van der Waals surface area contributed by atoms with Crippen molar-refractivity contribution in [3.63, 3.8) is 0 Å². The number of rotatable bonds is 80. The highest BCUT2D eigenvalue weighted by atomic mass is 32.2. The zero-order valence-electron chi connectivity index (χ0n) is 72.8. The average molecular weight is 1780 g/mol. The normalized spacial score (nSPS) is 12.9. The highest BCUT2D eigenvalue weighted by Crippen LogP contribution is 2.18. The molecule has 0 saturated carbocycles. The molecule has 0 rings (SSSR count). The molecule has 0 fully saturated rings. The van der Waals surface area contributed by atoms with Gasteiger partial charge in [-0.2, -0.15) is 70.6 Å². The van der Waals surface area contributed by atoms with Crippen LogP contribution in [0.15, 0.2) is 0 Å². The summed E-state index contributed by atoms with van der Waals surface area (Å²) in [6, 6.07) is 0. The molecule has 0 aliphatic carbocycles. The first-order valence-corrected chi connectivity index (χ1v) is 49.9. The Bertz CT molecular complexity index is 2560. The van der Waals surface area contributed by atoms with Gasteiger partial charge in [0.25, 0.3) is 0 Å². The van der Waals surface area contributed by atoms with Gasteiger partial charge in [0.1, 0.15) is 79.3 Å². The fourth-order valence-corrected chi connectivity index (χ4v) is 15.6. The van der Waals surface area contributed by atoms with Crippen LogP contribution in [0, 0.1) is 35.5 Å². The van der Waals surface area contributed by atoms with E-state index in [2.05, 4.69) is 19.2 Å². The average Bonchev–Trinajstić information content (AvgIpc) is 0.926. The van der Waals surface area contributed by atoms with Crippen LogP contribution in [0.3, 0.4) is 0 Å². The topological polar surface area (TPSA) is 341 Å². The van der Waals surface area contributed by atoms with Crippen molar-refractivity contribution in [3.05, 3.63) is 0 Å². The Kier molecular flexibility index (Phi) is 74.6. The van der Waals surface area contributed by atoms with Crippen LogP contribution in [0.4, 0.5) is 0 Å². The molecule has 0 radical (unpaired) electrons. The summed E-state index contributed by atoms with van der Waals surface area (Å²) in [6.07, 6.45) is 21.5. The third kappa shape index (κ3) is 66.8. The summed E-state index contributed by atoms with van der Waals surface area (Å²) in [6.45, 7) is 17.2. The second-order valence-corrected chi connectivity index (χ2v) is 34.8. The molecule has 35 heteroatoms. The van der Waals surface area contributed by atoms with Gasteiger partial charge in [-0.1, -0.05) is 120 Å². The molecule has 0 bridgehead atoms. The monoisotopic (exact) mass is 1780 g/mol. The zero-order valence-corrected chi connectivity index (χ0v) is 77.7. The number of esters is 12. The highest BCUT2D eigenvalue weighted by molar-refractivity contribution is 8.00. The van der Waals surface area contributed by atoms with Crippen molar-refractivity contribution in [2.75, 3.05) is 242 Å². The van der Waals surface area contributed by atoms with E-state index in [1.807, 2.05) is 58.5 Å². The van der Waals surface area contributed by atoms with E-state index >= 15 is 0 Å². The van der Waals surface area contributed by atoms with Gasteiger partial charge in [-0.05, 0) is 49.4 Å². The first kappa shape index (κ1) is 113. The lowest BCUT2D eigenvalue weighted by molar-refractivity contribution is -0.154. The molecule has 29 nitrogen and oxygen atoms in total. The van der Waals surface area contributed by atoms with Crippen molar-refractivity contribution in [2.24, 2.45) is 35.5 Å². The van der Waals surface area contributed by atoms with Gasteiger partial charge in [0.05, 0.1) is 74.0 Å². The predicted octanol–water partition coefficient (Wildman–Crippen LogP) is 10.1. The van der Waals surface area contributed by atoms with E-state index in [4.69, 9.17) is 56.8 Å². The van der Waals surface area contributed by atoms with Crippen molar-refractivity contribution in [2.45, 2.75) is 171 Å². The van der Waals surface area contributed by atoms with Crippen LogP contribution in [-0.2, 0) is 114 Å². The van der Waals surface area contributed by atoms with E-state index in [0.717, 1.165) is 24.3 Å². The van der Waals surface area contributed by atoms with Crippen molar-refractivity contribution < 1.29 is 114 Å². The third-order valence-corrected chi connectivity index (χ3v) is 24.1. The first-order chi connectivity index (χ1) is 56.3. The standard InChI is InChI=1S/C82H147N5O24S6/c1-13-15-17-19-21-23-57-116-63-69(7)81(98)110-55-49-100-71(88)25-33-84(34-26-72(89)101-50-56-111-82(99)70(8)64-117-58-24-22-20-18-16-14-2)39-31-83-32-40-86(37-29-75(92)104-47-53-108-79(96)67(5)61-114-11)42-44-87(38-30-76(93)105-48-54-109-80(97)68(6)62-115-12)43-41-85(35-27-73(90)102-45-51-106-77(94)65(3)59-112-9)36-28-74(91)103-46-52-107-78(95)66(4)60-113-10/h65-70,83H,13-64H2,1-12H3. The van der Waals surface area contributed by atoms with Crippen molar-refractivity contribution in [1.29, 1.82) is 0 Å². The summed E-state index contributed by atoms with van der Waals surface area (Å²) < 4.78 is 65.1. The molecule has 0 aromatic carbocycles. The lowest BCUT2D eigenvalue weighted by Gasteiger charge is -2.30. The minimum atomic E-state index is -0.573. The number of carbonyl (C=O) groups excluding carboxylic acids is 12. The van der Waals surface area contributed by atoms with Crippen LogP contribution in [0.2, 0.25) is 0 Å². The molecule has 0 aliphatic heterocycles. The summed E-state index contributed by atoms with van der Waals surface area (Å²) in [5, 5.41) is 3.46. The largest absolute Gasteiger partial charge is 0.462 e. The van der Waals surface area contributed by atoms with Crippen LogP contribution < -0.4 is 5.32 Å². The Morgan fingerprint density at radius 2 is 0.436 bits per heavy atom. The molecule has 680 valence electrons. The summed E-state index contributed by atoms with van der Waals surface area (Å²) >= 11 is 9.49. The third-order valence-electron chi connectivity index (χ3n) is 18.1. The molecule has 0 aliphatic rings. The van der Waals surface area contributed by atoms with E-state index in [1.165, 1.54) is 111 Å². The maximum absolute atomic E-state index is 13.4. The Morgan fingerprint density at radius 3 is 0.667 bits per heavy atom. The summed E-state index contributed by atoms with van der Waals surface area (Å²) in [4.78, 5) is 163. The number of hydrogen-bond donors (Lipinski definition) is 1. The lowest BCUT2D eigenvalue weighted by Crippen LogP contribution is -2.44. The smallest absolute Gasteiger partial charge is 0.309 e. The molecule has 1 N–H and O–H groups in total. The van der Waals surface area contributed by atoms with E-state index in [-0.39, 0.29) is 218 Å². The molecule has 6 unspecified atom stereocenters. The molecule has 117 heavy (non-hydrogen) atoms. The molecular weight excluding hydrogens is 1630 g/mol. The number of nitrogens with zero attached hydrogens (tertiary/aromatic N) is 4. The fraction of sp³-hybridized carbons (Fsp3) is 0.854. The first-order valence-electron chi connectivity index (χ1n) is 42.0. The van der Waals surface area contributed by atoms with E-state index in [9.17, 15) is 57.5 Å². The maximum atomic E-state index is 13.4. The van der Waals surface area contributed by atoms with Crippen molar-refractivity contribution in [1.82, 2.24) is 24.9 Å². The van der Waals surface area contributed by atoms with Gasteiger partial charge in [-0.25, -0.2) is 0 Å². The van der Waals surface area contributed by atoms with Crippen LogP contribution in [0.1, 0.15) is 171 Å².